The highest BCUT2D eigenvalue weighted by molar-refractivity contribution is 9.10. The molecule has 156 valence electrons. The summed E-state index contributed by atoms with van der Waals surface area (Å²) >= 11 is 3.21. The minimum absolute atomic E-state index is 0.172. The topological polar surface area (TPSA) is 102 Å². The average molecular weight is 476 g/mol. The van der Waals surface area contributed by atoms with Crippen molar-refractivity contribution in [2.24, 2.45) is 5.92 Å². The molecule has 1 fully saturated rings. The fourth-order valence-electron chi connectivity index (χ4n) is 3.40. The van der Waals surface area contributed by atoms with Gasteiger partial charge in [0, 0.05) is 16.6 Å². The maximum atomic E-state index is 14.2. The predicted molar refractivity (Wildman–Crippen MR) is 115 cm³/mol. The van der Waals surface area contributed by atoms with Crippen LogP contribution in [-0.2, 0) is 0 Å². The fraction of sp³-hybridized carbons (Fsp3) is 0.300. The molecule has 1 aliphatic rings. The average Bonchev–Trinajstić information content (AvgIpc) is 2.74. The highest BCUT2D eigenvalue weighted by Crippen LogP contribution is 2.35. The Morgan fingerprint density at radius 1 is 1.27 bits per heavy atom. The Morgan fingerprint density at radius 2 is 2.07 bits per heavy atom. The third kappa shape index (κ3) is 4.49. The Morgan fingerprint density at radius 3 is 2.80 bits per heavy atom. The van der Waals surface area contributed by atoms with Crippen molar-refractivity contribution in [2.75, 3.05) is 25.0 Å². The van der Waals surface area contributed by atoms with E-state index in [1.165, 1.54) is 18.5 Å². The van der Waals surface area contributed by atoms with Crippen LogP contribution in [-0.4, -0.2) is 34.6 Å². The Hall–Kier alpha value is -2.85. The zero-order chi connectivity index (χ0) is 21.1. The first kappa shape index (κ1) is 20.4. The molecule has 0 bridgehead atoms. The number of ether oxygens (including phenoxy) is 1. The largest absolute Gasteiger partial charge is 0.486 e. The van der Waals surface area contributed by atoms with Gasteiger partial charge in [-0.2, -0.15) is 0 Å². The molecule has 4 rings (SSSR count). The number of halogens is 2. The number of benzene rings is 2. The molecule has 0 spiro atoms. The van der Waals surface area contributed by atoms with Crippen LogP contribution in [0.25, 0.3) is 10.9 Å². The Bertz CT molecular complexity index is 1090. The molecule has 30 heavy (non-hydrogen) atoms. The first-order valence-corrected chi connectivity index (χ1v) is 10.3. The first-order chi connectivity index (χ1) is 14.5. The van der Waals surface area contributed by atoms with Crippen molar-refractivity contribution in [1.82, 2.24) is 15.3 Å². The van der Waals surface area contributed by atoms with E-state index in [-0.39, 0.29) is 22.9 Å². The molecule has 0 radical (unpaired) electrons. The van der Waals surface area contributed by atoms with Crippen LogP contribution in [0.15, 0.2) is 41.1 Å². The van der Waals surface area contributed by atoms with Gasteiger partial charge in [0.15, 0.2) is 5.75 Å². The number of nitrogens with one attached hydrogen (secondary N) is 2. The molecule has 2 N–H and O–H groups in total. The molecule has 1 saturated heterocycles. The van der Waals surface area contributed by atoms with Crippen molar-refractivity contribution in [3.63, 3.8) is 0 Å². The van der Waals surface area contributed by atoms with E-state index in [1.807, 2.05) is 0 Å². The van der Waals surface area contributed by atoms with Crippen LogP contribution in [0, 0.1) is 21.8 Å². The number of nitro benzene ring substituents is 1. The zero-order valence-electron chi connectivity index (χ0n) is 15.9. The summed E-state index contributed by atoms with van der Waals surface area (Å²) in [5.41, 5.74) is 0.494. The molecule has 2 aromatic carbocycles. The number of hydrogen-bond donors (Lipinski definition) is 2. The van der Waals surface area contributed by atoms with Crippen molar-refractivity contribution in [3.8, 4) is 5.75 Å². The van der Waals surface area contributed by atoms with E-state index in [2.05, 4.69) is 36.5 Å². The van der Waals surface area contributed by atoms with E-state index in [9.17, 15) is 14.5 Å². The molecule has 2 heterocycles. The maximum Gasteiger partial charge on any atom is 0.311 e. The molecule has 0 saturated carbocycles. The number of piperidine rings is 1. The molecule has 0 unspecified atom stereocenters. The smallest absolute Gasteiger partial charge is 0.311 e. The summed E-state index contributed by atoms with van der Waals surface area (Å²) in [6.07, 6.45) is 3.26. The van der Waals surface area contributed by atoms with Gasteiger partial charge in [-0.3, -0.25) is 10.1 Å². The van der Waals surface area contributed by atoms with Crippen LogP contribution in [0.4, 0.5) is 21.6 Å². The quantitative estimate of drug-likeness (QED) is 0.397. The monoisotopic (exact) mass is 475 g/mol. The van der Waals surface area contributed by atoms with E-state index < -0.39 is 10.7 Å². The summed E-state index contributed by atoms with van der Waals surface area (Å²) in [7, 11) is 0. The minimum atomic E-state index is -0.492. The molecule has 3 aromatic rings. The van der Waals surface area contributed by atoms with Gasteiger partial charge in [-0.1, -0.05) is 15.9 Å². The Kier molecular flexibility index (Phi) is 6.05. The summed E-state index contributed by atoms with van der Waals surface area (Å²) in [6.45, 7) is 2.25. The van der Waals surface area contributed by atoms with Crippen molar-refractivity contribution in [3.05, 3.63) is 57.1 Å². The summed E-state index contributed by atoms with van der Waals surface area (Å²) < 4.78 is 20.6. The summed E-state index contributed by atoms with van der Waals surface area (Å²) in [6, 6.07) is 7.47. The van der Waals surface area contributed by atoms with Crippen LogP contribution >= 0.6 is 15.9 Å². The number of nitrogens with zero attached hydrogens (tertiary/aromatic N) is 3. The van der Waals surface area contributed by atoms with Gasteiger partial charge in [0.25, 0.3) is 0 Å². The second-order valence-corrected chi connectivity index (χ2v) is 7.99. The number of rotatable bonds is 6. The molecule has 10 heteroatoms. The molecule has 0 atom stereocenters. The maximum absolute atomic E-state index is 14.2. The van der Waals surface area contributed by atoms with Crippen molar-refractivity contribution in [2.45, 2.75) is 12.8 Å². The normalized spacial score (nSPS) is 14.6. The predicted octanol–water partition coefficient (Wildman–Crippen LogP) is 4.56. The molecular formula is C20H19BrFN5O3. The van der Waals surface area contributed by atoms with Gasteiger partial charge >= 0.3 is 5.69 Å². The number of aromatic nitrogens is 2. The molecular weight excluding hydrogens is 457 g/mol. The van der Waals surface area contributed by atoms with Gasteiger partial charge < -0.3 is 15.4 Å². The van der Waals surface area contributed by atoms with E-state index in [1.54, 1.807) is 18.2 Å². The molecule has 0 amide bonds. The van der Waals surface area contributed by atoms with Crippen molar-refractivity contribution in [1.29, 1.82) is 0 Å². The third-order valence-electron chi connectivity index (χ3n) is 5.03. The van der Waals surface area contributed by atoms with Gasteiger partial charge in [0.05, 0.1) is 28.1 Å². The summed E-state index contributed by atoms with van der Waals surface area (Å²) in [4.78, 5) is 19.5. The van der Waals surface area contributed by atoms with Crippen LogP contribution in [0.1, 0.15) is 12.8 Å². The van der Waals surface area contributed by atoms with E-state index >= 15 is 0 Å². The van der Waals surface area contributed by atoms with E-state index in [0.29, 0.717) is 27.9 Å². The SMILES string of the molecule is O=[N+]([O-])c1cc2c(Nc3ccc(Br)cc3F)ncnc2cc1OCC1CCNCC1. The van der Waals surface area contributed by atoms with Crippen LogP contribution in [0.2, 0.25) is 0 Å². The van der Waals surface area contributed by atoms with Crippen molar-refractivity contribution < 1.29 is 14.1 Å². The van der Waals surface area contributed by atoms with Gasteiger partial charge in [0.1, 0.15) is 18.0 Å². The van der Waals surface area contributed by atoms with Gasteiger partial charge in [-0.15, -0.1) is 0 Å². The van der Waals surface area contributed by atoms with Gasteiger partial charge in [-0.05, 0) is 50.0 Å². The van der Waals surface area contributed by atoms with E-state index in [0.717, 1.165) is 25.9 Å². The number of hydrogen-bond acceptors (Lipinski definition) is 7. The lowest BCUT2D eigenvalue weighted by Crippen LogP contribution is -2.30. The lowest BCUT2D eigenvalue weighted by molar-refractivity contribution is -0.385. The standard InChI is InChI=1S/C20H19BrFN5O3/c21-13-1-2-16(15(22)7-13)26-20-14-8-18(27(28)29)19(9-17(14)24-11-25-20)30-10-12-3-5-23-6-4-12/h1-2,7-9,11-12,23H,3-6,10H2,(H,24,25,26). The van der Waals surface area contributed by atoms with Crippen LogP contribution in [0.3, 0.4) is 0 Å². The Labute approximate surface area is 180 Å². The number of nitro groups is 1. The first-order valence-electron chi connectivity index (χ1n) is 9.50. The summed E-state index contributed by atoms with van der Waals surface area (Å²) in [5.74, 6) is 0.317. The molecule has 1 aliphatic heterocycles. The second-order valence-electron chi connectivity index (χ2n) is 7.07. The summed E-state index contributed by atoms with van der Waals surface area (Å²) in [5, 5.41) is 18.2. The lowest BCUT2D eigenvalue weighted by Gasteiger charge is -2.22. The fourth-order valence-corrected chi connectivity index (χ4v) is 3.74. The van der Waals surface area contributed by atoms with Gasteiger partial charge in [0.2, 0.25) is 0 Å². The zero-order valence-corrected chi connectivity index (χ0v) is 17.5. The number of fused-ring (bicyclic) bond motifs is 1. The number of anilines is 2. The third-order valence-corrected chi connectivity index (χ3v) is 5.52. The van der Waals surface area contributed by atoms with Crippen molar-refractivity contribution >= 4 is 44.0 Å². The molecule has 0 aliphatic carbocycles. The highest BCUT2D eigenvalue weighted by atomic mass is 79.9. The lowest BCUT2D eigenvalue weighted by atomic mass is 9.99. The van der Waals surface area contributed by atoms with Crippen LogP contribution in [0.5, 0.6) is 5.75 Å². The van der Waals surface area contributed by atoms with E-state index in [4.69, 9.17) is 4.74 Å². The Balaban J connectivity index is 1.66. The van der Waals surface area contributed by atoms with Gasteiger partial charge in [-0.25, -0.2) is 14.4 Å². The molecule has 8 nitrogen and oxygen atoms in total. The van der Waals surface area contributed by atoms with Crippen LogP contribution < -0.4 is 15.4 Å². The highest BCUT2D eigenvalue weighted by Gasteiger charge is 2.21. The second kappa shape index (κ2) is 8.88. The minimum Gasteiger partial charge on any atom is -0.486 e. The molecule has 1 aromatic heterocycles.